The van der Waals surface area contributed by atoms with E-state index < -0.39 is 41.5 Å². The first-order valence-corrected chi connectivity index (χ1v) is 14.4. The number of nitrogens with zero attached hydrogens (tertiary/aromatic N) is 2. The number of carbonyl (C=O) groups excluding carboxylic acids is 3. The van der Waals surface area contributed by atoms with Crippen molar-refractivity contribution in [3.05, 3.63) is 70.0 Å². The predicted octanol–water partition coefficient (Wildman–Crippen LogP) is 4.62. The van der Waals surface area contributed by atoms with Gasteiger partial charge in [0.1, 0.15) is 5.82 Å². The highest BCUT2D eigenvalue weighted by atomic mass is 19.4. The molecule has 0 saturated carbocycles. The number of halogens is 4. The van der Waals surface area contributed by atoms with Crippen LogP contribution in [-0.2, 0) is 12.6 Å². The topological polar surface area (TPSA) is 130 Å². The van der Waals surface area contributed by atoms with Gasteiger partial charge >= 0.3 is 6.18 Å². The quantitative estimate of drug-likeness (QED) is 0.253. The first kappa shape index (κ1) is 35.7. The summed E-state index contributed by atoms with van der Waals surface area (Å²) in [5, 5.41) is 10.9. The highest BCUT2D eigenvalue weighted by Gasteiger charge is 2.32. The molecule has 8 nitrogen and oxygen atoms in total. The predicted molar refractivity (Wildman–Crippen MR) is 156 cm³/mol. The van der Waals surface area contributed by atoms with E-state index in [1.165, 1.54) is 23.1 Å². The molecule has 2 atom stereocenters. The summed E-state index contributed by atoms with van der Waals surface area (Å²) in [6, 6.07) is 4.94. The number of carbonyl (C=O) groups is 3. The molecule has 0 aromatic heterocycles. The molecule has 0 aliphatic heterocycles. The molecule has 0 fully saturated rings. The number of hydrogen-bond acceptors (Lipinski definition) is 5. The van der Waals surface area contributed by atoms with Gasteiger partial charge in [0.15, 0.2) is 0 Å². The van der Waals surface area contributed by atoms with Crippen LogP contribution in [0.2, 0.25) is 0 Å². The van der Waals surface area contributed by atoms with Crippen LogP contribution < -0.4 is 11.5 Å². The molecule has 2 rings (SSSR count). The molecule has 2 aromatic carbocycles. The first-order chi connectivity index (χ1) is 20.1. The molecule has 0 unspecified atom stereocenters. The molecule has 0 radical (unpaired) electrons. The highest BCUT2D eigenvalue weighted by Crippen LogP contribution is 2.30. The Morgan fingerprint density at radius 3 is 1.88 bits per heavy atom. The van der Waals surface area contributed by atoms with Gasteiger partial charge in [0.25, 0.3) is 11.8 Å². The van der Waals surface area contributed by atoms with Crippen LogP contribution in [0.25, 0.3) is 0 Å². The van der Waals surface area contributed by atoms with Crippen molar-refractivity contribution in [2.24, 2.45) is 17.4 Å². The lowest BCUT2D eigenvalue weighted by molar-refractivity contribution is -0.137. The summed E-state index contributed by atoms with van der Waals surface area (Å²) >= 11 is 0. The van der Waals surface area contributed by atoms with Crippen molar-refractivity contribution in [3.8, 4) is 0 Å². The summed E-state index contributed by atoms with van der Waals surface area (Å²) in [6.45, 7) is 8.58. The van der Waals surface area contributed by atoms with Crippen LogP contribution in [0.5, 0.6) is 0 Å². The van der Waals surface area contributed by atoms with Crippen LogP contribution in [0, 0.1) is 11.7 Å². The summed E-state index contributed by atoms with van der Waals surface area (Å²) in [5.74, 6) is -2.70. The van der Waals surface area contributed by atoms with Gasteiger partial charge in [-0.3, -0.25) is 14.4 Å². The molecule has 0 spiro atoms. The Hall–Kier alpha value is -3.51. The van der Waals surface area contributed by atoms with Crippen molar-refractivity contribution >= 4 is 17.7 Å². The van der Waals surface area contributed by atoms with Gasteiger partial charge in [-0.1, -0.05) is 27.7 Å². The number of hydrogen-bond donors (Lipinski definition) is 3. The second kappa shape index (κ2) is 15.8. The van der Waals surface area contributed by atoms with Crippen molar-refractivity contribution in [2.75, 3.05) is 26.2 Å². The SMILES string of the molecule is CCCN(CCC)C(=O)c1cc(C(N)=O)cc(C(=O)N(CCC(C)C)C[C@@H](O)[C@@H](N)Cc2cc(F)cc(C(F)(F)F)c2)c1. The van der Waals surface area contributed by atoms with Crippen molar-refractivity contribution in [1.29, 1.82) is 0 Å². The Balaban J connectivity index is 2.38. The molecule has 43 heavy (non-hydrogen) atoms. The molecular weight excluding hydrogens is 568 g/mol. The van der Waals surface area contributed by atoms with E-state index in [9.17, 15) is 37.1 Å². The lowest BCUT2D eigenvalue weighted by atomic mass is 9.98. The van der Waals surface area contributed by atoms with Gasteiger partial charge < -0.3 is 26.4 Å². The average Bonchev–Trinajstić information content (AvgIpc) is 2.93. The third-order valence-corrected chi connectivity index (χ3v) is 6.91. The zero-order valence-electron chi connectivity index (χ0n) is 25.1. The summed E-state index contributed by atoms with van der Waals surface area (Å²) in [4.78, 5) is 42.1. The summed E-state index contributed by atoms with van der Waals surface area (Å²) in [7, 11) is 0. The highest BCUT2D eigenvalue weighted by molar-refractivity contribution is 6.04. The molecular formula is C31H42F4N4O4. The number of amides is 3. The van der Waals surface area contributed by atoms with Crippen LogP contribution in [-0.4, -0.2) is 71.0 Å². The van der Waals surface area contributed by atoms with E-state index in [1.54, 1.807) is 4.90 Å². The maximum atomic E-state index is 13.9. The van der Waals surface area contributed by atoms with E-state index in [1.807, 2.05) is 27.7 Å². The maximum Gasteiger partial charge on any atom is 0.416 e. The van der Waals surface area contributed by atoms with E-state index >= 15 is 0 Å². The van der Waals surface area contributed by atoms with Crippen LogP contribution >= 0.6 is 0 Å². The second-order valence-corrected chi connectivity index (χ2v) is 11.2. The van der Waals surface area contributed by atoms with Gasteiger partial charge in [0.2, 0.25) is 5.91 Å². The number of rotatable bonds is 15. The lowest BCUT2D eigenvalue weighted by Crippen LogP contribution is -2.47. The van der Waals surface area contributed by atoms with E-state index in [-0.39, 0.29) is 53.6 Å². The van der Waals surface area contributed by atoms with E-state index in [0.29, 0.717) is 38.4 Å². The Labute approximate surface area is 250 Å². The minimum Gasteiger partial charge on any atom is -0.390 e. The van der Waals surface area contributed by atoms with Crippen molar-refractivity contribution in [3.63, 3.8) is 0 Å². The third kappa shape index (κ3) is 10.6. The molecule has 12 heteroatoms. The first-order valence-electron chi connectivity index (χ1n) is 14.4. The van der Waals surface area contributed by atoms with Gasteiger partial charge in [0, 0.05) is 48.9 Å². The van der Waals surface area contributed by atoms with E-state index in [4.69, 9.17) is 11.5 Å². The molecule has 0 bridgehead atoms. The van der Waals surface area contributed by atoms with E-state index in [0.717, 1.165) is 12.1 Å². The average molecular weight is 611 g/mol. The zero-order valence-corrected chi connectivity index (χ0v) is 25.1. The molecule has 0 aliphatic carbocycles. The van der Waals surface area contributed by atoms with Gasteiger partial charge in [-0.25, -0.2) is 4.39 Å². The van der Waals surface area contributed by atoms with Crippen LogP contribution in [0.3, 0.4) is 0 Å². The monoisotopic (exact) mass is 610 g/mol. The summed E-state index contributed by atoms with van der Waals surface area (Å²) in [5.41, 5.74) is 10.5. The normalized spacial score (nSPS) is 13.1. The van der Waals surface area contributed by atoms with Crippen LogP contribution in [0.4, 0.5) is 17.6 Å². The Morgan fingerprint density at radius 1 is 0.860 bits per heavy atom. The number of aliphatic hydroxyl groups is 1. The Kier molecular flexibility index (Phi) is 13.1. The lowest BCUT2D eigenvalue weighted by Gasteiger charge is -2.29. The smallest absolute Gasteiger partial charge is 0.390 e. The van der Waals surface area contributed by atoms with E-state index in [2.05, 4.69) is 0 Å². The molecule has 2 aromatic rings. The fraction of sp³-hybridized carbons (Fsp3) is 0.516. The van der Waals surface area contributed by atoms with Crippen LogP contribution in [0.15, 0.2) is 36.4 Å². The van der Waals surface area contributed by atoms with Crippen molar-refractivity contribution < 1.29 is 37.1 Å². The Morgan fingerprint density at radius 2 is 1.40 bits per heavy atom. The minimum absolute atomic E-state index is 0.0112. The molecule has 0 heterocycles. The fourth-order valence-corrected chi connectivity index (χ4v) is 4.63. The third-order valence-electron chi connectivity index (χ3n) is 6.91. The molecule has 238 valence electrons. The number of benzene rings is 2. The standard InChI is InChI=1S/C31H42F4N4O4/c1-5-8-38(9-6-2)29(42)22-14-21(28(37)41)15-23(16-22)30(43)39(10-7-19(3)4)18-27(40)26(36)13-20-11-24(31(33,34)35)17-25(32)12-20/h11-12,14-17,19,26-27,40H,5-10,13,18,36H2,1-4H3,(H2,37,41)/t26-,27+/m0/s1. The van der Waals surface area contributed by atoms with Crippen molar-refractivity contribution in [2.45, 2.75) is 71.7 Å². The van der Waals surface area contributed by atoms with Gasteiger partial charge in [-0.2, -0.15) is 13.2 Å². The van der Waals surface area contributed by atoms with Crippen molar-refractivity contribution in [1.82, 2.24) is 9.80 Å². The minimum atomic E-state index is -4.76. The molecule has 3 amide bonds. The molecule has 5 N–H and O–H groups in total. The fourth-order valence-electron chi connectivity index (χ4n) is 4.63. The number of nitrogens with two attached hydrogens (primary N) is 2. The summed E-state index contributed by atoms with van der Waals surface area (Å²) < 4.78 is 53.3. The Bertz CT molecular complexity index is 1260. The van der Waals surface area contributed by atoms with Gasteiger partial charge in [-0.05, 0) is 73.6 Å². The molecule has 0 aliphatic rings. The van der Waals surface area contributed by atoms with Gasteiger partial charge in [0.05, 0.1) is 11.7 Å². The largest absolute Gasteiger partial charge is 0.416 e. The maximum absolute atomic E-state index is 13.9. The van der Waals surface area contributed by atoms with Crippen LogP contribution in [0.1, 0.15) is 89.2 Å². The second-order valence-electron chi connectivity index (χ2n) is 11.2. The zero-order chi connectivity index (χ0) is 32.5. The summed E-state index contributed by atoms with van der Waals surface area (Å²) in [6.07, 6.45) is -4.48. The number of alkyl halides is 3. The number of aliphatic hydroxyl groups excluding tert-OH is 1. The van der Waals surface area contributed by atoms with Gasteiger partial charge in [-0.15, -0.1) is 0 Å². The molecule has 0 saturated heterocycles. The number of primary amides is 1.